The van der Waals surface area contributed by atoms with Gasteiger partial charge in [0.15, 0.2) is 0 Å². The molecule has 4 aromatic carbocycles. The van der Waals surface area contributed by atoms with Gasteiger partial charge in [0, 0.05) is 31.0 Å². The van der Waals surface area contributed by atoms with E-state index in [0.717, 1.165) is 22.5 Å². The van der Waals surface area contributed by atoms with E-state index in [4.69, 9.17) is 4.98 Å². The smallest absolute Gasteiger partial charge is 0 e. The Labute approximate surface area is 293 Å². The fourth-order valence-electron chi connectivity index (χ4n) is 5.59. The van der Waals surface area contributed by atoms with Gasteiger partial charge in [0.1, 0.15) is 0 Å². The minimum atomic E-state index is -1.72. The van der Waals surface area contributed by atoms with Gasteiger partial charge in [-0.1, -0.05) is 61.7 Å². The van der Waals surface area contributed by atoms with Gasteiger partial charge in [-0.2, -0.15) is 11.3 Å². The first-order valence-electron chi connectivity index (χ1n) is 15.5. The topological polar surface area (TPSA) is 25.8 Å². The first kappa shape index (κ1) is 33.9. The van der Waals surface area contributed by atoms with Crippen LogP contribution in [0.1, 0.15) is 30.9 Å². The molecule has 0 atom stereocenters. The predicted molar refractivity (Wildman–Crippen MR) is 197 cm³/mol. The number of aromatic nitrogens is 2. The molecule has 7 rings (SSSR count). The van der Waals surface area contributed by atoms with E-state index in [1.165, 1.54) is 46.8 Å². The van der Waals surface area contributed by atoms with Crippen LogP contribution in [0.2, 0.25) is 17.3 Å². The molecule has 2 nitrogen and oxygen atoms in total. The summed E-state index contributed by atoms with van der Waals surface area (Å²) in [6, 6.07) is 42.8. The van der Waals surface area contributed by atoms with Crippen molar-refractivity contribution >= 4 is 49.2 Å². The second-order valence-corrected chi connectivity index (χ2v) is 24.5. The third-order valence-electron chi connectivity index (χ3n) is 8.18. The summed E-state index contributed by atoms with van der Waals surface area (Å²) in [5.41, 5.74) is 9.30. The number of hydrogen-bond acceptors (Lipinski definition) is 3. The summed E-state index contributed by atoms with van der Waals surface area (Å²) in [6.45, 7) is 6.61. The summed E-state index contributed by atoms with van der Waals surface area (Å²) < 4.78 is 4.01. The van der Waals surface area contributed by atoms with Gasteiger partial charge >= 0.3 is 99.8 Å². The van der Waals surface area contributed by atoms with Crippen molar-refractivity contribution in [3.05, 3.63) is 139 Å². The van der Waals surface area contributed by atoms with Crippen LogP contribution in [-0.4, -0.2) is 23.2 Å². The average Bonchev–Trinajstić information content (AvgIpc) is 3.44. The fraction of sp³-hybridized carbons (Fsp3) is 0.171. The van der Waals surface area contributed by atoms with Gasteiger partial charge in [-0.25, -0.2) is 0 Å². The zero-order valence-electron chi connectivity index (χ0n) is 27.2. The van der Waals surface area contributed by atoms with Crippen molar-refractivity contribution in [1.82, 2.24) is 9.97 Å². The first-order chi connectivity index (χ1) is 21.7. The van der Waals surface area contributed by atoms with Crippen molar-refractivity contribution in [3.8, 4) is 33.6 Å². The SMILES string of the molecule is Cc1cnc(-c2[c-]ccc3c2sc2ccc(-c4ccccc4)cc23)cc1C(C)C.[CH3][Ge]([CH3])([CH3])[c]1ccc(-c2[c-]cccc2)nc1.[Ir]. The van der Waals surface area contributed by atoms with Crippen molar-refractivity contribution in [2.45, 2.75) is 44.0 Å². The van der Waals surface area contributed by atoms with Crippen molar-refractivity contribution in [3.63, 3.8) is 0 Å². The molecule has 0 aliphatic rings. The van der Waals surface area contributed by atoms with Gasteiger partial charge in [0.2, 0.25) is 0 Å². The molecular formula is C41H38GeIrN2S-2. The minimum Gasteiger partial charge on any atom is 0 e. The summed E-state index contributed by atoms with van der Waals surface area (Å²) in [5.74, 6) is 7.62. The summed E-state index contributed by atoms with van der Waals surface area (Å²) in [5, 5.41) is 2.59. The van der Waals surface area contributed by atoms with Crippen LogP contribution in [0.15, 0.2) is 116 Å². The largest absolute Gasteiger partial charge is 0 e. The monoisotopic (exact) mass is 857 g/mol. The second kappa shape index (κ2) is 14.6. The molecule has 0 amide bonds. The Hall–Kier alpha value is -3.41. The van der Waals surface area contributed by atoms with E-state index in [1.54, 1.807) is 0 Å². The molecule has 7 aromatic rings. The molecule has 0 unspecified atom stereocenters. The van der Waals surface area contributed by atoms with Crippen molar-refractivity contribution in [2.24, 2.45) is 0 Å². The molecule has 0 N–H and O–H groups in total. The molecular weight excluding hydrogens is 817 g/mol. The van der Waals surface area contributed by atoms with Crippen molar-refractivity contribution < 1.29 is 20.1 Å². The molecule has 1 radical (unpaired) electrons. The Morgan fingerprint density at radius 2 is 1.46 bits per heavy atom. The summed E-state index contributed by atoms with van der Waals surface area (Å²) in [7, 11) is 0. The predicted octanol–water partition coefficient (Wildman–Crippen LogP) is 11.1. The van der Waals surface area contributed by atoms with E-state index < -0.39 is 13.3 Å². The molecule has 0 bridgehead atoms. The van der Waals surface area contributed by atoms with E-state index in [9.17, 15) is 0 Å². The Balaban J connectivity index is 0.000000209. The molecule has 0 fully saturated rings. The van der Waals surface area contributed by atoms with Crippen LogP contribution in [0.25, 0.3) is 53.8 Å². The first-order valence-corrected chi connectivity index (χ1v) is 23.7. The Morgan fingerprint density at radius 1 is 0.696 bits per heavy atom. The summed E-state index contributed by atoms with van der Waals surface area (Å²) in [6.07, 6.45) is 4.04. The zero-order valence-corrected chi connectivity index (χ0v) is 32.5. The van der Waals surface area contributed by atoms with Gasteiger partial charge in [0.25, 0.3) is 0 Å². The van der Waals surface area contributed by atoms with Crippen LogP contribution in [0.3, 0.4) is 0 Å². The Kier molecular flexibility index (Phi) is 10.7. The quantitative estimate of drug-likeness (QED) is 0.127. The van der Waals surface area contributed by atoms with Gasteiger partial charge in [0.05, 0.1) is 0 Å². The molecule has 233 valence electrons. The normalized spacial score (nSPS) is 11.3. The third-order valence-corrected chi connectivity index (χ3v) is 13.6. The van der Waals surface area contributed by atoms with Gasteiger partial charge in [-0.15, -0.1) is 23.8 Å². The molecule has 0 spiro atoms. The van der Waals surface area contributed by atoms with Crippen molar-refractivity contribution in [1.29, 1.82) is 0 Å². The summed E-state index contributed by atoms with van der Waals surface area (Å²) in [4.78, 5) is 9.28. The van der Waals surface area contributed by atoms with E-state index in [0.29, 0.717) is 5.92 Å². The van der Waals surface area contributed by atoms with Crippen LogP contribution in [0, 0.1) is 19.1 Å². The molecule has 5 heteroatoms. The maximum absolute atomic E-state index is 4.75. The Morgan fingerprint density at radius 3 is 2.13 bits per heavy atom. The number of fused-ring (bicyclic) bond motifs is 3. The number of benzene rings is 4. The Bertz CT molecular complexity index is 2060. The number of thiophene rings is 1. The number of aryl methyl sites for hydroxylation is 1. The van der Waals surface area contributed by atoms with Gasteiger partial charge in [-0.05, 0) is 63.0 Å². The van der Waals surface area contributed by atoms with E-state index in [-0.39, 0.29) is 20.1 Å². The van der Waals surface area contributed by atoms with E-state index >= 15 is 0 Å². The van der Waals surface area contributed by atoms with Crippen LogP contribution < -0.4 is 4.40 Å². The molecule has 3 aromatic heterocycles. The van der Waals surface area contributed by atoms with Crippen LogP contribution in [0.5, 0.6) is 0 Å². The number of pyridine rings is 2. The number of rotatable bonds is 5. The number of nitrogens with zero attached hydrogens (tertiary/aromatic N) is 2. The molecule has 46 heavy (non-hydrogen) atoms. The molecule has 0 saturated carbocycles. The van der Waals surface area contributed by atoms with E-state index in [1.807, 2.05) is 54.1 Å². The van der Waals surface area contributed by atoms with Crippen molar-refractivity contribution in [2.75, 3.05) is 0 Å². The minimum absolute atomic E-state index is 0. The van der Waals surface area contributed by atoms with Gasteiger partial charge < -0.3 is 4.98 Å². The zero-order chi connectivity index (χ0) is 31.6. The van der Waals surface area contributed by atoms with Crippen LogP contribution in [0.4, 0.5) is 0 Å². The van der Waals surface area contributed by atoms with E-state index in [2.05, 4.69) is 128 Å². The second-order valence-electron chi connectivity index (χ2n) is 12.8. The fourth-order valence-corrected chi connectivity index (χ4v) is 8.95. The summed E-state index contributed by atoms with van der Waals surface area (Å²) >= 11 is 0.118. The molecule has 0 aliphatic carbocycles. The average molecular weight is 856 g/mol. The maximum atomic E-state index is 4.75. The number of hydrogen-bond donors (Lipinski definition) is 0. The maximum Gasteiger partial charge on any atom is 0 e. The standard InChI is InChI=1S/C27H22NS.C14H16GeN.Ir/c1-17(2)23-15-25(28-16-18(23)3)22-11-7-10-21-24-14-20(19-8-5-4-6-9-19)12-13-26(24)29-27(21)22;1-15(2,3)13-9-10-14(16-11-13)12-7-5-4-6-8-12;/h4-10,12-17H,1-3H3;4-7,9-11H,1-3H3;/q2*-1;. The molecule has 0 aliphatic heterocycles. The third kappa shape index (κ3) is 7.42. The molecule has 3 heterocycles. The van der Waals surface area contributed by atoms with Crippen LogP contribution >= 0.6 is 11.3 Å². The molecule has 0 saturated heterocycles. The van der Waals surface area contributed by atoms with Crippen LogP contribution in [-0.2, 0) is 20.1 Å². The van der Waals surface area contributed by atoms with Gasteiger partial charge in [-0.3, -0.25) is 0 Å².